The Hall–Kier alpha value is -0.920. The summed E-state index contributed by atoms with van der Waals surface area (Å²) in [7, 11) is 0. The van der Waals surface area contributed by atoms with Crippen LogP contribution in [0, 0.1) is 13.7 Å². The second-order valence-corrected chi connectivity index (χ2v) is 2.95. The summed E-state index contributed by atoms with van der Waals surface area (Å²) in [6, 6.07) is 1.18. The fraction of sp³-hybridized carbons (Fsp3) is 0. The van der Waals surface area contributed by atoms with Crippen molar-refractivity contribution in [2.24, 2.45) is 0 Å². The van der Waals surface area contributed by atoms with E-state index in [-0.39, 0.29) is 11.2 Å². The average molecular weight is 266 g/mol. The summed E-state index contributed by atoms with van der Waals surface area (Å²) in [5.41, 5.74) is -0.412. The lowest BCUT2D eigenvalue weighted by Crippen LogP contribution is -2.05. The molecule has 0 fully saturated rings. The number of halogens is 1. The van der Waals surface area contributed by atoms with Gasteiger partial charge in [0.2, 0.25) is 5.56 Å². The van der Waals surface area contributed by atoms with Crippen molar-refractivity contribution in [3.05, 3.63) is 36.3 Å². The minimum Gasteiger partial charge on any atom is -0.323 e. The van der Waals surface area contributed by atoms with Crippen molar-refractivity contribution in [3.63, 3.8) is 0 Å². The van der Waals surface area contributed by atoms with Gasteiger partial charge < -0.3 is 4.98 Å². The number of H-pyrrole nitrogens is 1. The van der Waals surface area contributed by atoms with E-state index in [1.165, 1.54) is 6.07 Å². The molecular weight excluding hydrogens is 263 g/mol. The second kappa shape index (κ2) is 2.99. The maximum absolute atomic E-state index is 10.6. The maximum atomic E-state index is 10.6. The molecule has 0 aliphatic rings. The van der Waals surface area contributed by atoms with E-state index in [4.69, 9.17) is 0 Å². The summed E-state index contributed by atoms with van der Waals surface area (Å²) >= 11 is 1.74. The Morgan fingerprint density at radius 1 is 1.64 bits per heavy atom. The van der Waals surface area contributed by atoms with Crippen LogP contribution in [-0.2, 0) is 0 Å². The summed E-state index contributed by atoms with van der Waals surface area (Å²) in [6.45, 7) is 0. The van der Waals surface area contributed by atoms with Crippen LogP contribution >= 0.6 is 22.6 Å². The molecular formula is C5H3IN2O3. The molecule has 0 saturated heterocycles. The molecule has 0 saturated carbocycles. The Bertz CT molecular complexity index is 346. The van der Waals surface area contributed by atoms with Crippen LogP contribution in [0.1, 0.15) is 0 Å². The number of aromatic nitrogens is 1. The van der Waals surface area contributed by atoms with Crippen molar-refractivity contribution in [1.29, 1.82) is 0 Å². The van der Waals surface area contributed by atoms with Crippen molar-refractivity contribution < 1.29 is 4.92 Å². The first-order valence-electron chi connectivity index (χ1n) is 2.64. The summed E-state index contributed by atoms with van der Waals surface area (Å²) in [6.07, 6.45) is 1.09. The van der Waals surface area contributed by atoms with Gasteiger partial charge in [-0.15, -0.1) is 0 Å². The number of nitrogens with one attached hydrogen (secondary N) is 1. The highest BCUT2D eigenvalue weighted by molar-refractivity contribution is 14.1. The van der Waals surface area contributed by atoms with Crippen LogP contribution in [0.15, 0.2) is 17.1 Å². The zero-order valence-electron chi connectivity index (χ0n) is 5.20. The Morgan fingerprint density at radius 2 is 2.27 bits per heavy atom. The number of nitrogens with zero attached hydrogens (tertiary/aromatic N) is 1. The summed E-state index contributed by atoms with van der Waals surface area (Å²) < 4.78 is 0.344. The minimum atomic E-state index is -0.544. The summed E-state index contributed by atoms with van der Waals surface area (Å²) in [5.74, 6) is 0. The molecule has 0 bridgehead atoms. The number of pyridine rings is 1. The van der Waals surface area contributed by atoms with Gasteiger partial charge in [-0.2, -0.15) is 0 Å². The number of aromatic amines is 1. The van der Waals surface area contributed by atoms with Crippen LogP contribution in [0.4, 0.5) is 5.69 Å². The summed E-state index contributed by atoms with van der Waals surface area (Å²) in [4.78, 5) is 22.5. The fourth-order valence-corrected chi connectivity index (χ4v) is 1.21. The molecule has 1 N–H and O–H groups in total. The van der Waals surface area contributed by atoms with Gasteiger partial charge in [-0.1, -0.05) is 0 Å². The maximum Gasteiger partial charge on any atom is 0.298 e. The monoisotopic (exact) mass is 266 g/mol. The highest BCUT2D eigenvalue weighted by atomic mass is 127. The molecule has 6 heteroatoms. The SMILES string of the molecule is O=c1cc(I)c([N+](=O)[O-])c[nH]1. The molecule has 0 amide bonds. The number of hydrogen-bond donors (Lipinski definition) is 1. The van der Waals surface area contributed by atoms with Gasteiger partial charge in [0.1, 0.15) is 0 Å². The van der Waals surface area contributed by atoms with E-state index in [1.807, 2.05) is 0 Å². The zero-order chi connectivity index (χ0) is 8.43. The molecule has 58 valence electrons. The first-order valence-corrected chi connectivity index (χ1v) is 3.72. The van der Waals surface area contributed by atoms with E-state index in [0.717, 1.165) is 6.20 Å². The third kappa shape index (κ3) is 1.76. The van der Waals surface area contributed by atoms with Crippen molar-refractivity contribution in [1.82, 2.24) is 4.98 Å². The van der Waals surface area contributed by atoms with Crippen molar-refractivity contribution in [3.8, 4) is 0 Å². The number of hydrogen-bond acceptors (Lipinski definition) is 3. The van der Waals surface area contributed by atoms with Crippen LogP contribution in [0.2, 0.25) is 0 Å². The van der Waals surface area contributed by atoms with E-state index in [9.17, 15) is 14.9 Å². The van der Waals surface area contributed by atoms with Gasteiger partial charge in [0, 0.05) is 6.07 Å². The lowest BCUT2D eigenvalue weighted by molar-refractivity contribution is -0.386. The molecule has 0 atom stereocenters. The topological polar surface area (TPSA) is 76.0 Å². The Morgan fingerprint density at radius 3 is 2.73 bits per heavy atom. The lowest BCUT2D eigenvalue weighted by Gasteiger charge is -1.91. The molecule has 11 heavy (non-hydrogen) atoms. The van der Waals surface area contributed by atoms with Crippen LogP contribution in [0.5, 0.6) is 0 Å². The van der Waals surface area contributed by atoms with E-state index in [1.54, 1.807) is 22.6 Å². The van der Waals surface area contributed by atoms with Crippen LogP contribution in [0.3, 0.4) is 0 Å². The highest BCUT2D eigenvalue weighted by Crippen LogP contribution is 2.15. The predicted octanol–water partition coefficient (Wildman–Crippen LogP) is 0.888. The van der Waals surface area contributed by atoms with Gasteiger partial charge in [-0.3, -0.25) is 14.9 Å². The van der Waals surface area contributed by atoms with Gasteiger partial charge in [0.25, 0.3) is 5.69 Å². The smallest absolute Gasteiger partial charge is 0.298 e. The zero-order valence-corrected chi connectivity index (χ0v) is 7.36. The third-order valence-corrected chi connectivity index (χ3v) is 1.91. The normalized spacial score (nSPS) is 9.55. The average Bonchev–Trinajstić information content (AvgIpc) is 1.85. The minimum absolute atomic E-state index is 0.0785. The van der Waals surface area contributed by atoms with E-state index in [0.29, 0.717) is 3.57 Å². The molecule has 0 radical (unpaired) electrons. The molecule has 5 nitrogen and oxygen atoms in total. The number of nitro groups is 1. The largest absolute Gasteiger partial charge is 0.323 e. The molecule has 0 unspecified atom stereocenters. The van der Waals surface area contributed by atoms with E-state index in [2.05, 4.69) is 4.98 Å². The molecule has 1 aromatic rings. The molecule has 1 aromatic heterocycles. The van der Waals surface area contributed by atoms with Gasteiger partial charge in [0.05, 0.1) is 14.7 Å². The quantitative estimate of drug-likeness (QED) is 0.466. The molecule has 1 heterocycles. The second-order valence-electron chi connectivity index (χ2n) is 1.79. The number of rotatable bonds is 1. The van der Waals surface area contributed by atoms with Gasteiger partial charge in [-0.25, -0.2) is 0 Å². The first-order chi connectivity index (χ1) is 5.11. The van der Waals surface area contributed by atoms with Crippen molar-refractivity contribution in [2.75, 3.05) is 0 Å². The van der Waals surface area contributed by atoms with Gasteiger partial charge in [-0.05, 0) is 22.6 Å². The molecule has 0 aliphatic carbocycles. The van der Waals surface area contributed by atoms with Gasteiger partial charge in [0.15, 0.2) is 0 Å². The first kappa shape index (κ1) is 8.18. The highest BCUT2D eigenvalue weighted by Gasteiger charge is 2.10. The third-order valence-electron chi connectivity index (χ3n) is 1.05. The predicted molar refractivity (Wildman–Crippen MR) is 46.4 cm³/mol. The van der Waals surface area contributed by atoms with Gasteiger partial charge >= 0.3 is 0 Å². The Kier molecular flexibility index (Phi) is 2.22. The summed E-state index contributed by atoms with van der Waals surface area (Å²) in [5, 5.41) is 10.2. The van der Waals surface area contributed by atoms with E-state index < -0.39 is 4.92 Å². The Balaban J connectivity index is 3.31. The van der Waals surface area contributed by atoms with Crippen molar-refractivity contribution in [2.45, 2.75) is 0 Å². The molecule has 0 aliphatic heterocycles. The lowest BCUT2D eigenvalue weighted by atomic mass is 10.4. The molecule has 0 spiro atoms. The molecule has 0 aromatic carbocycles. The van der Waals surface area contributed by atoms with Crippen LogP contribution < -0.4 is 5.56 Å². The molecule has 1 rings (SSSR count). The van der Waals surface area contributed by atoms with E-state index >= 15 is 0 Å². The fourth-order valence-electron chi connectivity index (χ4n) is 0.579. The van der Waals surface area contributed by atoms with Crippen molar-refractivity contribution >= 4 is 28.3 Å². The Labute approximate surface area is 74.7 Å². The standard InChI is InChI=1S/C5H3IN2O3/c6-3-1-5(9)7-2-4(3)8(10)11/h1-2H,(H,7,9). The van der Waals surface area contributed by atoms with Crippen LogP contribution in [-0.4, -0.2) is 9.91 Å². The van der Waals surface area contributed by atoms with Crippen LogP contribution in [0.25, 0.3) is 0 Å².